The van der Waals surface area contributed by atoms with E-state index in [-0.39, 0.29) is 146 Å². The number of unbranched alkanes of at least 4 members (excludes halogenated alkanes) is 2. The van der Waals surface area contributed by atoms with Crippen molar-refractivity contribution in [3.63, 3.8) is 0 Å². The van der Waals surface area contributed by atoms with Crippen LogP contribution in [0.25, 0.3) is 0 Å². The maximum absolute atomic E-state index is 14.5. The number of nitrogens with two attached hydrogens (primary N) is 7. The molecule has 12 amide bonds. The second-order valence-electron chi connectivity index (χ2n) is 24.1. The highest BCUT2D eigenvalue weighted by molar-refractivity contribution is 6.00. The third kappa shape index (κ3) is 29.6. The number of benzene rings is 1. The van der Waals surface area contributed by atoms with Crippen LogP contribution in [0.15, 0.2) is 34.3 Å². The van der Waals surface area contributed by atoms with E-state index in [0.29, 0.717) is 24.8 Å². The average Bonchev–Trinajstić information content (AvgIpc) is 1.78. The van der Waals surface area contributed by atoms with Crippen LogP contribution in [0, 0.1) is 5.92 Å². The topological polar surface area (TPSA) is 633 Å². The summed E-state index contributed by atoms with van der Waals surface area (Å²) in [5, 5.41) is 65.8. The Hall–Kier alpha value is -9.49. The third-order valence-corrected chi connectivity index (χ3v) is 15.7. The van der Waals surface area contributed by atoms with Crippen molar-refractivity contribution in [2.24, 2.45) is 56.0 Å². The highest BCUT2D eigenvalue weighted by atomic mass is 16.4. The molecule has 542 valence electrons. The Balaban J connectivity index is 1.88. The van der Waals surface area contributed by atoms with E-state index in [9.17, 15) is 82.8 Å². The van der Waals surface area contributed by atoms with Crippen molar-refractivity contribution in [2.75, 3.05) is 45.9 Å². The first-order chi connectivity index (χ1) is 46.0. The largest absolute Gasteiger partial charge is 0.508 e. The van der Waals surface area contributed by atoms with Gasteiger partial charge in [-0.05, 0) is 133 Å². The van der Waals surface area contributed by atoms with Crippen molar-refractivity contribution in [1.29, 1.82) is 0 Å². The molecule has 2 fully saturated rings. The SMILES string of the molecule is CC(C)C[C@H](NC(=O)[C@@H](Cc1ccc(O)cc1)NC(=O)[C@@H](CCCCN)NC(=O)[C@@H](CO)NC(=O)[C@@H](CCCN=C(N)N)NC(=O)[C@@H](CCC(N)=O)NC(=O)[C@H](CO)NC(=O)[C@H]1CCCN1C(=O)[C@@H](CCCN=C(N)N)NC(=O)[C@@H](CCCCN)NC(=O)[C@@H]1CCC(=O)N1)C(=O)O. The fourth-order valence-electron chi connectivity index (χ4n) is 10.5. The molecule has 97 heavy (non-hydrogen) atoms. The zero-order valence-corrected chi connectivity index (χ0v) is 54.9. The lowest BCUT2D eigenvalue weighted by Gasteiger charge is -2.31. The molecular formula is C60H100N20O17. The number of amides is 12. The van der Waals surface area contributed by atoms with E-state index in [1.807, 2.05) is 0 Å². The van der Waals surface area contributed by atoms with Gasteiger partial charge in [0.15, 0.2) is 11.9 Å². The summed E-state index contributed by atoms with van der Waals surface area (Å²) < 4.78 is 0. The predicted octanol–water partition coefficient (Wildman–Crippen LogP) is -7.69. The number of carboxylic acids is 1. The van der Waals surface area contributed by atoms with Crippen LogP contribution in [-0.2, 0) is 68.7 Å². The number of hydrogen-bond acceptors (Lipinski definition) is 20. The Kier molecular flexibility index (Phi) is 36.1. The maximum Gasteiger partial charge on any atom is 0.326 e. The van der Waals surface area contributed by atoms with Crippen molar-refractivity contribution in [1.82, 2.24) is 58.1 Å². The van der Waals surface area contributed by atoms with Gasteiger partial charge in [-0.3, -0.25) is 67.5 Å². The number of aliphatic imine (C=N–C) groups is 2. The summed E-state index contributed by atoms with van der Waals surface area (Å²) in [6.45, 7) is 1.67. The molecule has 0 bridgehead atoms. The molecule has 3 rings (SSSR count). The van der Waals surface area contributed by atoms with Gasteiger partial charge in [-0.2, -0.15) is 0 Å². The summed E-state index contributed by atoms with van der Waals surface area (Å²) in [5.74, 6) is -12.9. The standard InChI is InChI=1S/C60H100N20O17/c1-32(2)28-42(58(96)97)77-53(91)41(29-33-15-17-34(83)18-16-33)76-49(87)36(11-4-6-24-62)73-54(92)43(30-81)78-50(88)37(12-7-25-68-59(64)65)72-52(90)39(19-21-46(63)84)74-55(93)44(31-82)79-56(94)45-14-9-27-80(45)57(95)40(13-8-26-69-60(66)67)75-48(86)35(10-3-5-23-61)71-51(89)38-20-22-47(85)70-38/h15-18,32,35-45,81-83H,3-14,19-31,61-62H2,1-2H3,(H2,63,84)(H,70,85)(H,71,89)(H,72,90)(H,73,92)(H,74,93)(H,75,86)(H,76,87)(H,77,91)(H,78,88)(H,79,94)(H,96,97)(H4,64,65,68)(H4,66,67,69)/t35-,36-,37-,38+,39-,40-,41-,42+,43-,44+,45-/m1/s1. The minimum Gasteiger partial charge on any atom is -0.508 e. The minimum atomic E-state index is -1.85. The summed E-state index contributed by atoms with van der Waals surface area (Å²) in [5.41, 5.74) is 39.4. The molecule has 37 nitrogen and oxygen atoms in total. The number of aliphatic hydroxyl groups is 2. The molecule has 0 radical (unpaired) electrons. The van der Waals surface area contributed by atoms with E-state index in [0.717, 1.165) is 0 Å². The van der Waals surface area contributed by atoms with Crippen molar-refractivity contribution in [3.8, 4) is 5.75 Å². The van der Waals surface area contributed by atoms with E-state index in [1.54, 1.807) is 13.8 Å². The number of carboxylic acid groups (broad SMARTS) is 1. The number of carbonyl (C=O) groups is 13. The summed E-state index contributed by atoms with van der Waals surface area (Å²) in [6, 6.07) is -10.4. The van der Waals surface area contributed by atoms with Gasteiger partial charge in [0, 0.05) is 38.9 Å². The van der Waals surface area contributed by atoms with Crippen LogP contribution < -0.4 is 93.3 Å². The molecule has 0 aromatic heterocycles. The molecule has 0 saturated carbocycles. The van der Waals surface area contributed by atoms with Crippen molar-refractivity contribution < 1.29 is 82.8 Å². The summed E-state index contributed by atoms with van der Waals surface area (Å²) in [7, 11) is 0. The fraction of sp³-hybridized carbons (Fsp3) is 0.650. The lowest BCUT2D eigenvalue weighted by atomic mass is 10.0. The lowest BCUT2D eigenvalue weighted by molar-refractivity contribution is -0.143. The number of aliphatic hydroxyl groups excluding tert-OH is 2. The van der Waals surface area contributed by atoms with E-state index in [4.69, 9.17) is 40.1 Å². The van der Waals surface area contributed by atoms with Gasteiger partial charge in [0.1, 0.15) is 72.2 Å². The van der Waals surface area contributed by atoms with E-state index >= 15 is 0 Å². The Morgan fingerprint density at radius 2 is 0.969 bits per heavy atom. The fourth-order valence-corrected chi connectivity index (χ4v) is 10.5. The second-order valence-corrected chi connectivity index (χ2v) is 24.1. The molecule has 0 unspecified atom stereocenters. The number of carbonyl (C=O) groups excluding carboxylic acids is 12. The number of primary amides is 1. The van der Waals surface area contributed by atoms with Crippen LogP contribution in [0.4, 0.5) is 0 Å². The Labute approximate surface area is 561 Å². The molecular weight excluding hydrogens is 1270 g/mol. The normalized spacial score (nSPS) is 16.9. The number of hydrogen-bond donors (Lipinski definition) is 21. The number of phenolic OH excluding ortho intramolecular Hbond substituents is 1. The Morgan fingerprint density at radius 1 is 0.546 bits per heavy atom. The Morgan fingerprint density at radius 3 is 1.43 bits per heavy atom. The molecule has 37 heteroatoms. The number of likely N-dealkylation sites (tertiary alicyclic amines) is 1. The molecule has 0 aliphatic carbocycles. The van der Waals surface area contributed by atoms with Gasteiger partial charge in [0.25, 0.3) is 0 Å². The zero-order valence-electron chi connectivity index (χ0n) is 54.9. The lowest BCUT2D eigenvalue weighted by Crippen LogP contribution is -2.61. The Bertz CT molecular complexity index is 2890. The molecule has 11 atom stereocenters. The number of nitrogens with one attached hydrogen (secondary N) is 10. The number of guanidine groups is 2. The second kappa shape index (κ2) is 42.8. The number of aromatic hydroxyl groups is 1. The van der Waals surface area contributed by atoms with Crippen molar-refractivity contribution in [3.05, 3.63) is 29.8 Å². The molecule has 0 spiro atoms. The predicted molar refractivity (Wildman–Crippen MR) is 350 cm³/mol. The summed E-state index contributed by atoms with van der Waals surface area (Å²) in [4.78, 5) is 186. The summed E-state index contributed by atoms with van der Waals surface area (Å²) >= 11 is 0. The van der Waals surface area contributed by atoms with Crippen LogP contribution in [0.5, 0.6) is 5.75 Å². The molecule has 1 aromatic rings. The molecule has 2 aliphatic heterocycles. The van der Waals surface area contributed by atoms with Gasteiger partial charge in [0.2, 0.25) is 70.9 Å². The quantitative estimate of drug-likeness (QED) is 0.0164. The van der Waals surface area contributed by atoms with E-state index in [1.165, 1.54) is 29.2 Å². The number of nitrogens with zero attached hydrogens (tertiary/aromatic N) is 3. The molecule has 1 aromatic carbocycles. The van der Waals surface area contributed by atoms with Gasteiger partial charge in [-0.25, -0.2) is 4.79 Å². The van der Waals surface area contributed by atoms with E-state index < -0.39 is 163 Å². The first kappa shape index (κ1) is 81.7. The van der Waals surface area contributed by atoms with Gasteiger partial charge in [-0.1, -0.05) is 26.0 Å². The first-order valence-corrected chi connectivity index (χ1v) is 32.4. The van der Waals surface area contributed by atoms with Gasteiger partial charge < -0.3 is 119 Å². The summed E-state index contributed by atoms with van der Waals surface area (Å²) in [6.07, 6.45) is 0.618. The minimum absolute atomic E-state index is 0.0125. The van der Waals surface area contributed by atoms with Crippen LogP contribution in [0.3, 0.4) is 0 Å². The van der Waals surface area contributed by atoms with Gasteiger partial charge in [0.05, 0.1) is 13.2 Å². The molecule has 2 aliphatic rings. The van der Waals surface area contributed by atoms with Crippen LogP contribution in [0.1, 0.15) is 129 Å². The number of aliphatic carboxylic acids is 1. The van der Waals surface area contributed by atoms with Crippen molar-refractivity contribution >= 4 is 88.8 Å². The van der Waals surface area contributed by atoms with Gasteiger partial charge >= 0.3 is 5.97 Å². The highest BCUT2D eigenvalue weighted by Gasteiger charge is 2.41. The zero-order chi connectivity index (χ0) is 72.3. The van der Waals surface area contributed by atoms with Crippen LogP contribution in [0.2, 0.25) is 0 Å². The van der Waals surface area contributed by atoms with Crippen LogP contribution in [-0.4, -0.2) is 226 Å². The van der Waals surface area contributed by atoms with Crippen molar-refractivity contribution in [2.45, 2.75) is 196 Å². The smallest absolute Gasteiger partial charge is 0.326 e. The third-order valence-electron chi connectivity index (χ3n) is 15.7. The molecule has 2 heterocycles. The highest BCUT2D eigenvalue weighted by Crippen LogP contribution is 2.21. The molecule has 2 saturated heterocycles. The first-order valence-electron chi connectivity index (χ1n) is 32.4. The van der Waals surface area contributed by atoms with Crippen LogP contribution >= 0.6 is 0 Å². The average molecular weight is 1370 g/mol. The van der Waals surface area contributed by atoms with Gasteiger partial charge in [-0.15, -0.1) is 0 Å². The number of phenols is 1. The number of rotatable bonds is 45. The van der Waals surface area contributed by atoms with E-state index in [2.05, 4.69) is 63.2 Å². The maximum atomic E-state index is 14.5. The monoisotopic (exact) mass is 1370 g/mol. The molecule has 28 N–H and O–H groups in total.